The maximum Gasteiger partial charge on any atom is 0.264 e. The van der Waals surface area contributed by atoms with Gasteiger partial charge < -0.3 is 19.5 Å². The molecule has 2 amide bonds. The molecule has 8 heteroatoms. The number of methoxy groups -OCH3 is 1. The van der Waals surface area contributed by atoms with Gasteiger partial charge in [-0.2, -0.15) is 0 Å². The number of fused-ring (bicyclic) bond motifs is 3. The van der Waals surface area contributed by atoms with E-state index in [9.17, 15) is 14.7 Å². The van der Waals surface area contributed by atoms with Gasteiger partial charge in [-0.15, -0.1) is 6.58 Å². The zero-order chi connectivity index (χ0) is 30.5. The van der Waals surface area contributed by atoms with Crippen LogP contribution in [0.3, 0.4) is 0 Å². The van der Waals surface area contributed by atoms with Gasteiger partial charge in [0.1, 0.15) is 5.75 Å². The van der Waals surface area contributed by atoms with Crippen molar-refractivity contribution in [3.8, 4) is 5.75 Å². The van der Waals surface area contributed by atoms with Gasteiger partial charge in [0.15, 0.2) is 5.60 Å². The minimum absolute atomic E-state index is 0.0319. The zero-order valence-electron chi connectivity index (χ0n) is 25.4. The summed E-state index contributed by atoms with van der Waals surface area (Å²) >= 11 is 0. The Morgan fingerprint density at radius 3 is 2.51 bits per heavy atom. The number of para-hydroxylation sites is 1. The fraction of sp³-hybridized carbons (Fsp3) is 0.371. The monoisotopic (exact) mass is 596 g/mol. The minimum Gasteiger partial charge on any atom is -0.497 e. The lowest BCUT2D eigenvalue weighted by molar-refractivity contribution is -0.146. The summed E-state index contributed by atoms with van der Waals surface area (Å²) in [4.78, 5) is 31.5. The Morgan fingerprint density at radius 1 is 1.07 bits per heavy atom. The first kappa shape index (κ1) is 29.4. The van der Waals surface area contributed by atoms with Gasteiger partial charge in [0, 0.05) is 36.7 Å². The van der Waals surface area contributed by atoms with E-state index in [1.165, 1.54) is 5.19 Å². The molecular formula is C35H40N2O5Si. The van der Waals surface area contributed by atoms with E-state index in [1.807, 2.05) is 48.5 Å². The molecule has 0 aromatic heterocycles. The van der Waals surface area contributed by atoms with Crippen LogP contribution in [0.2, 0.25) is 18.6 Å². The number of ether oxygens (including phenoxy) is 2. The van der Waals surface area contributed by atoms with Crippen molar-refractivity contribution in [2.45, 2.75) is 56.5 Å². The van der Waals surface area contributed by atoms with Crippen molar-refractivity contribution in [2.24, 2.45) is 5.92 Å². The predicted octanol–water partition coefficient (Wildman–Crippen LogP) is 5.44. The second-order valence-electron chi connectivity index (χ2n) is 12.4. The van der Waals surface area contributed by atoms with Crippen molar-refractivity contribution in [1.29, 1.82) is 0 Å². The summed E-state index contributed by atoms with van der Waals surface area (Å²) in [6, 6.07) is 22.1. The second-order valence-corrected chi connectivity index (χ2v) is 17.1. The molecule has 1 spiro atoms. The van der Waals surface area contributed by atoms with E-state index in [-0.39, 0.29) is 36.0 Å². The molecule has 7 nitrogen and oxygen atoms in total. The molecular weight excluding hydrogens is 556 g/mol. The first-order chi connectivity index (χ1) is 20.7. The lowest BCUT2D eigenvalue weighted by Gasteiger charge is -2.37. The van der Waals surface area contributed by atoms with Gasteiger partial charge in [-0.3, -0.25) is 14.5 Å². The van der Waals surface area contributed by atoms with Gasteiger partial charge in [-0.1, -0.05) is 61.6 Å². The number of aryl methyl sites for hydroxylation is 1. The van der Waals surface area contributed by atoms with Gasteiger partial charge in [0.2, 0.25) is 5.91 Å². The van der Waals surface area contributed by atoms with Crippen LogP contribution in [0, 0.1) is 5.92 Å². The number of hydrogen-bond donors (Lipinski definition) is 1. The summed E-state index contributed by atoms with van der Waals surface area (Å²) in [6.45, 7) is 11.0. The van der Waals surface area contributed by atoms with E-state index in [2.05, 4.69) is 44.8 Å². The molecule has 0 unspecified atom stereocenters. The molecule has 4 atom stereocenters. The second kappa shape index (κ2) is 11.1. The number of benzene rings is 3. The van der Waals surface area contributed by atoms with Crippen LogP contribution in [0.5, 0.6) is 5.75 Å². The Labute approximate surface area is 254 Å². The molecule has 3 heterocycles. The Hall–Kier alpha value is -3.72. The fourth-order valence-electron chi connectivity index (χ4n) is 7.86. The lowest BCUT2D eigenvalue weighted by Crippen LogP contribution is -2.51. The van der Waals surface area contributed by atoms with E-state index in [4.69, 9.17) is 9.47 Å². The van der Waals surface area contributed by atoms with Crippen LogP contribution in [-0.2, 0) is 26.3 Å². The highest BCUT2D eigenvalue weighted by Crippen LogP contribution is 2.60. The van der Waals surface area contributed by atoms with Crippen molar-refractivity contribution in [3.63, 3.8) is 0 Å². The van der Waals surface area contributed by atoms with E-state index in [0.29, 0.717) is 25.8 Å². The Kier molecular flexibility index (Phi) is 7.57. The molecule has 0 bridgehead atoms. The minimum atomic E-state index is -2.28. The highest BCUT2D eigenvalue weighted by Gasteiger charge is 2.66. The number of aliphatic hydroxyl groups excluding tert-OH is 1. The van der Waals surface area contributed by atoms with E-state index in [0.717, 1.165) is 33.9 Å². The van der Waals surface area contributed by atoms with Crippen LogP contribution in [-0.4, -0.2) is 51.4 Å². The van der Waals surface area contributed by atoms with Gasteiger partial charge in [0.05, 0.1) is 32.7 Å². The third-order valence-electron chi connectivity index (χ3n) is 9.89. The summed E-state index contributed by atoms with van der Waals surface area (Å²) in [6.07, 6.45) is 2.99. The zero-order valence-corrected chi connectivity index (χ0v) is 26.4. The molecule has 224 valence electrons. The van der Waals surface area contributed by atoms with Crippen LogP contribution in [0.1, 0.15) is 30.9 Å². The largest absolute Gasteiger partial charge is 0.497 e. The van der Waals surface area contributed by atoms with E-state index >= 15 is 0 Å². The number of anilines is 3. The molecule has 0 radical (unpaired) electrons. The third-order valence-corrected chi connectivity index (χ3v) is 14.3. The van der Waals surface area contributed by atoms with Crippen LogP contribution < -0.4 is 19.7 Å². The smallest absolute Gasteiger partial charge is 0.264 e. The average molecular weight is 597 g/mol. The Morgan fingerprint density at radius 2 is 1.81 bits per heavy atom. The number of aliphatic hydroxyl groups is 1. The molecule has 43 heavy (non-hydrogen) atoms. The molecule has 1 saturated heterocycles. The summed E-state index contributed by atoms with van der Waals surface area (Å²) in [7, 11) is -0.621. The molecule has 3 aliphatic heterocycles. The summed E-state index contributed by atoms with van der Waals surface area (Å²) in [5.41, 5.74) is 3.10. The van der Waals surface area contributed by atoms with E-state index in [1.54, 1.807) is 23.0 Å². The first-order valence-corrected chi connectivity index (χ1v) is 18.2. The number of carbonyl (C=O) groups excluding carboxylic acids is 2. The Bertz CT molecular complexity index is 1570. The van der Waals surface area contributed by atoms with Crippen molar-refractivity contribution < 1.29 is 24.2 Å². The molecule has 1 N–H and O–H groups in total. The SMILES string of the molecule is C=CCN1C(=O)[C@@]2(O[C@@H](CCO)[C@H]([Si](C)(C)c3ccc(OC)cc3)[C@H]2C)c2cc(N3C(=O)CCc4ccccc43)ccc21. The predicted molar refractivity (Wildman–Crippen MR) is 172 cm³/mol. The molecule has 0 aliphatic carbocycles. The lowest BCUT2D eigenvalue weighted by atomic mass is 9.82. The number of rotatable bonds is 8. The maximum atomic E-state index is 14.6. The standard InChI is InChI=1S/C35H40N2O5Si/c1-6-20-36-30-17-12-25(37-29-10-8-7-9-24(29)11-18-32(37)39)22-28(30)35(34(36)40)23(2)33(31(42-35)19-21-38)43(4,5)27-15-13-26(41-3)14-16-27/h6-10,12-17,22-23,31,33,38H,1,11,18-21H2,2-5H3/t23-,31+,33-,35+/m1/s1. The van der Waals surface area contributed by atoms with E-state index < -0.39 is 13.7 Å². The van der Waals surface area contributed by atoms with Crippen molar-refractivity contribution >= 4 is 42.1 Å². The van der Waals surface area contributed by atoms with Gasteiger partial charge >= 0.3 is 0 Å². The van der Waals surface area contributed by atoms with Crippen LogP contribution in [0.15, 0.2) is 79.4 Å². The third kappa shape index (κ3) is 4.46. The normalized spacial score (nSPS) is 24.8. The summed E-state index contributed by atoms with van der Waals surface area (Å²) < 4.78 is 12.4. The highest BCUT2D eigenvalue weighted by molar-refractivity contribution is 6.91. The first-order valence-electron chi connectivity index (χ1n) is 15.1. The average Bonchev–Trinajstić information content (AvgIpc) is 3.44. The van der Waals surface area contributed by atoms with Crippen molar-refractivity contribution in [3.05, 3.63) is 90.5 Å². The van der Waals surface area contributed by atoms with Crippen LogP contribution in [0.4, 0.5) is 17.1 Å². The topological polar surface area (TPSA) is 79.3 Å². The number of hydrogen-bond acceptors (Lipinski definition) is 5. The Balaban J connectivity index is 1.50. The number of carbonyl (C=O) groups is 2. The molecule has 3 aromatic rings. The van der Waals surface area contributed by atoms with Gasteiger partial charge in [-0.05, 0) is 60.3 Å². The maximum absolute atomic E-state index is 14.6. The van der Waals surface area contributed by atoms with Gasteiger partial charge in [0.25, 0.3) is 5.91 Å². The van der Waals surface area contributed by atoms with Crippen LogP contribution >= 0.6 is 0 Å². The number of nitrogens with zero attached hydrogens (tertiary/aromatic N) is 2. The molecule has 0 saturated carbocycles. The van der Waals surface area contributed by atoms with Crippen LogP contribution in [0.25, 0.3) is 0 Å². The summed E-state index contributed by atoms with van der Waals surface area (Å²) in [5.74, 6) is 0.536. The number of amides is 2. The molecule has 3 aliphatic rings. The fourth-order valence-corrected chi connectivity index (χ4v) is 11.9. The summed E-state index contributed by atoms with van der Waals surface area (Å²) in [5, 5.41) is 11.4. The van der Waals surface area contributed by atoms with Crippen molar-refractivity contribution in [2.75, 3.05) is 30.1 Å². The quantitative estimate of drug-likeness (QED) is 0.277. The molecule has 1 fully saturated rings. The molecule has 3 aromatic carbocycles. The van der Waals surface area contributed by atoms with Crippen molar-refractivity contribution in [1.82, 2.24) is 0 Å². The highest BCUT2D eigenvalue weighted by atomic mass is 28.3. The molecule has 6 rings (SSSR count). The van der Waals surface area contributed by atoms with Gasteiger partial charge in [-0.25, -0.2) is 0 Å².